The first-order valence-corrected chi connectivity index (χ1v) is 4.38. The van der Waals surface area contributed by atoms with Gasteiger partial charge >= 0.3 is 0 Å². The van der Waals surface area contributed by atoms with Gasteiger partial charge in [0.05, 0.1) is 0 Å². The highest BCUT2D eigenvalue weighted by molar-refractivity contribution is 6.12. The van der Waals surface area contributed by atoms with Crippen molar-refractivity contribution in [2.24, 2.45) is 0 Å². The van der Waals surface area contributed by atoms with Crippen molar-refractivity contribution in [2.45, 2.75) is 0 Å². The molecule has 0 aliphatic rings. The molecular formula is C12H10O4. The van der Waals surface area contributed by atoms with Crippen LogP contribution in [0.4, 0.5) is 0 Å². The Balaban J connectivity index is 3.49. The molecule has 4 nitrogen and oxygen atoms in total. The van der Waals surface area contributed by atoms with E-state index in [1.165, 1.54) is 6.08 Å². The summed E-state index contributed by atoms with van der Waals surface area (Å²) in [4.78, 5) is 22.7. The van der Waals surface area contributed by atoms with Gasteiger partial charge in [-0.3, -0.25) is 9.59 Å². The fourth-order valence-electron chi connectivity index (χ4n) is 1.18. The molecule has 0 bridgehead atoms. The molecule has 0 aliphatic carbocycles. The number of carbonyl (C=O) groups excluding carboxylic acids is 2. The topological polar surface area (TPSA) is 67.5 Å². The monoisotopic (exact) mass is 218 g/mol. The van der Waals surface area contributed by atoms with Crippen LogP contribution < -0.4 is 0 Å². The number of carbonyl (C=O) groups is 2. The van der Waals surface area contributed by atoms with Crippen molar-refractivity contribution in [3.05, 3.63) is 49.0 Å². The van der Waals surface area contributed by atoms with Crippen molar-refractivity contribution in [3.63, 3.8) is 0 Å². The van der Waals surface area contributed by atoms with E-state index in [-0.39, 0.29) is 17.1 Å². The minimum atomic E-state index is -0.608. The van der Waals surface area contributed by atoms with Gasteiger partial charge in [0.2, 0.25) is 11.5 Å². The van der Waals surface area contributed by atoms with Crippen LogP contribution in [0.3, 0.4) is 0 Å². The highest BCUT2D eigenvalue weighted by Crippen LogP contribution is 2.31. The van der Waals surface area contributed by atoms with Gasteiger partial charge in [0.25, 0.3) is 0 Å². The highest BCUT2D eigenvalue weighted by Gasteiger charge is 2.25. The van der Waals surface area contributed by atoms with Gasteiger partial charge in [0.1, 0.15) is 11.3 Å². The summed E-state index contributed by atoms with van der Waals surface area (Å²) in [6.07, 6.45) is 3.23. The summed E-state index contributed by atoms with van der Waals surface area (Å²) in [7, 11) is 0. The van der Waals surface area contributed by atoms with Crippen LogP contribution >= 0.6 is 0 Å². The summed E-state index contributed by atoms with van der Waals surface area (Å²) < 4.78 is 5.01. The summed E-state index contributed by atoms with van der Waals surface area (Å²) in [5.41, 5.74) is -0.116. The Labute approximate surface area is 92.2 Å². The maximum Gasteiger partial charge on any atom is 0.224 e. The number of hydrogen-bond acceptors (Lipinski definition) is 4. The van der Waals surface area contributed by atoms with Gasteiger partial charge in [-0.1, -0.05) is 19.7 Å². The van der Waals surface area contributed by atoms with Crippen LogP contribution in [0.2, 0.25) is 0 Å². The fourth-order valence-corrected chi connectivity index (χ4v) is 1.18. The van der Waals surface area contributed by atoms with E-state index in [2.05, 4.69) is 19.7 Å². The van der Waals surface area contributed by atoms with Crippen molar-refractivity contribution < 1.29 is 19.1 Å². The second-order valence-corrected chi connectivity index (χ2v) is 2.86. The molecule has 0 saturated carbocycles. The second kappa shape index (κ2) is 4.44. The molecule has 82 valence electrons. The molecule has 1 aromatic rings. The SMILES string of the molecule is C=CC(=O)c1oc(C=C)c(C(=O)C=C)c1O. The minimum absolute atomic E-state index is 0.0348. The van der Waals surface area contributed by atoms with Crippen LogP contribution in [0, 0.1) is 0 Å². The van der Waals surface area contributed by atoms with Gasteiger partial charge in [-0.2, -0.15) is 0 Å². The number of ketones is 2. The van der Waals surface area contributed by atoms with Crippen LogP contribution in [-0.2, 0) is 0 Å². The highest BCUT2D eigenvalue weighted by atomic mass is 16.4. The third-order valence-electron chi connectivity index (χ3n) is 1.94. The van der Waals surface area contributed by atoms with Gasteiger partial charge in [-0.25, -0.2) is 0 Å². The fraction of sp³-hybridized carbons (Fsp3) is 0. The van der Waals surface area contributed by atoms with Crippen molar-refractivity contribution in [3.8, 4) is 5.75 Å². The van der Waals surface area contributed by atoms with Crippen molar-refractivity contribution in [1.82, 2.24) is 0 Å². The van der Waals surface area contributed by atoms with Crippen molar-refractivity contribution >= 4 is 17.6 Å². The summed E-state index contributed by atoms with van der Waals surface area (Å²) >= 11 is 0. The largest absolute Gasteiger partial charge is 0.504 e. The second-order valence-electron chi connectivity index (χ2n) is 2.86. The van der Waals surface area contributed by atoms with Gasteiger partial charge < -0.3 is 9.52 Å². The van der Waals surface area contributed by atoms with Crippen LogP contribution in [0.25, 0.3) is 6.08 Å². The Hall–Kier alpha value is -2.36. The lowest BCUT2D eigenvalue weighted by Crippen LogP contribution is -1.95. The maximum absolute atomic E-state index is 11.4. The van der Waals surface area contributed by atoms with Crippen LogP contribution in [0.1, 0.15) is 26.7 Å². The molecule has 1 rings (SSSR count). The molecule has 0 radical (unpaired) electrons. The predicted octanol–water partition coefficient (Wildman–Crippen LogP) is 2.37. The molecule has 16 heavy (non-hydrogen) atoms. The molecule has 0 spiro atoms. The summed E-state index contributed by atoms with van der Waals surface area (Å²) in [6, 6.07) is 0. The number of aromatic hydroxyl groups is 1. The Morgan fingerprint density at radius 1 is 1.12 bits per heavy atom. The molecule has 1 aromatic heterocycles. The third kappa shape index (κ3) is 1.72. The lowest BCUT2D eigenvalue weighted by Gasteiger charge is -1.92. The lowest BCUT2D eigenvalue weighted by molar-refractivity contribution is 0.101. The quantitative estimate of drug-likeness (QED) is 0.608. The molecule has 0 unspecified atom stereocenters. The third-order valence-corrected chi connectivity index (χ3v) is 1.94. The normalized spacial score (nSPS) is 9.50. The molecular weight excluding hydrogens is 208 g/mol. The molecule has 1 N–H and O–H groups in total. The molecule has 0 amide bonds. The van der Waals surface area contributed by atoms with Gasteiger partial charge in [-0.15, -0.1) is 0 Å². The summed E-state index contributed by atoms with van der Waals surface area (Å²) in [5, 5.41) is 9.67. The molecule has 0 saturated heterocycles. The summed E-state index contributed by atoms with van der Waals surface area (Å²) in [5.74, 6) is -1.95. The van der Waals surface area contributed by atoms with E-state index in [9.17, 15) is 14.7 Å². The van der Waals surface area contributed by atoms with E-state index in [1.807, 2.05) is 0 Å². The van der Waals surface area contributed by atoms with E-state index >= 15 is 0 Å². The molecule has 0 aliphatic heterocycles. The van der Waals surface area contributed by atoms with E-state index < -0.39 is 17.3 Å². The van der Waals surface area contributed by atoms with Crippen LogP contribution in [0.5, 0.6) is 5.75 Å². The maximum atomic E-state index is 11.4. The van der Waals surface area contributed by atoms with Crippen LogP contribution in [-0.4, -0.2) is 16.7 Å². The predicted molar refractivity (Wildman–Crippen MR) is 59.5 cm³/mol. The van der Waals surface area contributed by atoms with E-state index in [4.69, 9.17) is 4.42 Å². The molecule has 0 aromatic carbocycles. The van der Waals surface area contributed by atoms with Crippen LogP contribution in [0.15, 0.2) is 36.3 Å². The first kappa shape index (κ1) is 11.7. The molecule has 0 fully saturated rings. The molecule has 1 heterocycles. The van der Waals surface area contributed by atoms with E-state index in [0.29, 0.717) is 0 Å². The standard InChI is InChI=1S/C12H10O4/c1-4-7(13)10-9(6-3)16-12(11(10)15)8(14)5-2/h4-6,15H,1-3H2. The Morgan fingerprint density at radius 3 is 2.12 bits per heavy atom. The number of furan rings is 1. The zero-order chi connectivity index (χ0) is 12.3. The van der Waals surface area contributed by atoms with Crippen molar-refractivity contribution in [1.29, 1.82) is 0 Å². The zero-order valence-corrected chi connectivity index (χ0v) is 8.53. The average Bonchev–Trinajstić information content (AvgIpc) is 2.64. The first-order valence-electron chi connectivity index (χ1n) is 4.38. The Kier molecular flexibility index (Phi) is 3.25. The van der Waals surface area contributed by atoms with Gasteiger partial charge in [-0.05, 0) is 18.2 Å². The molecule has 4 heteroatoms. The number of rotatable bonds is 5. The smallest absolute Gasteiger partial charge is 0.224 e. The van der Waals surface area contributed by atoms with Gasteiger partial charge in [0.15, 0.2) is 11.5 Å². The minimum Gasteiger partial charge on any atom is -0.504 e. The Bertz CT molecular complexity index is 491. The van der Waals surface area contributed by atoms with Gasteiger partial charge in [0, 0.05) is 0 Å². The Morgan fingerprint density at radius 2 is 1.69 bits per heavy atom. The van der Waals surface area contributed by atoms with E-state index in [1.54, 1.807) is 0 Å². The van der Waals surface area contributed by atoms with E-state index in [0.717, 1.165) is 12.2 Å². The molecule has 0 atom stereocenters. The number of hydrogen-bond donors (Lipinski definition) is 1. The zero-order valence-electron chi connectivity index (χ0n) is 8.53. The average molecular weight is 218 g/mol. The van der Waals surface area contributed by atoms with Crippen molar-refractivity contribution in [2.75, 3.05) is 0 Å². The summed E-state index contributed by atoms with van der Waals surface area (Å²) in [6.45, 7) is 9.96. The lowest BCUT2D eigenvalue weighted by atomic mass is 10.1. The number of allylic oxidation sites excluding steroid dienone is 2. The first-order chi connectivity index (χ1) is 7.56.